The zero-order valence-corrected chi connectivity index (χ0v) is 16.2. The van der Waals surface area contributed by atoms with E-state index in [1.807, 2.05) is 31.2 Å². The Kier molecular flexibility index (Phi) is 5.17. The van der Waals surface area contributed by atoms with Crippen LogP contribution in [0.3, 0.4) is 0 Å². The lowest BCUT2D eigenvalue weighted by Crippen LogP contribution is -2.35. The number of rotatable bonds is 5. The van der Waals surface area contributed by atoms with Gasteiger partial charge in [0.05, 0.1) is 5.69 Å². The third kappa shape index (κ3) is 4.09. The summed E-state index contributed by atoms with van der Waals surface area (Å²) in [5, 5.41) is 2.89. The third-order valence-electron chi connectivity index (χ3n) is 4.71. The molecule has 0 aromatic heterocycles. The number of nitrogens with zero attached hydrogens (tertiary/aromatic N) is 2. The van der Waals surface area contributed by atoms with E-state index < -0.39 is 5.25 Å². The number of carbonyl (C=O) groups excluding carboxylic acids is 2. The van der Waals surface area contributed by atoms with Crippen LogP contribution < -0.4 is 5.32 Å². The highest BCUT2D eigenvalue weighted by Crippen LogP contribution is 2.39. The number of benzene rings is 2. The van der Waals surface area contributed by atoms with Crippen LogP contribution in [0.1, 0.15) is 24.8 Å². The molecule has 1 aliphatic heterocycles. The quantitative estimate of drug-likeness (QED) is 0.820. The van der Waals surface area contributed by atoms with Crippen molar-refractivity contribution < 1.29 is 14.0 Å². The molecule has 1 saturated heterocycles. The summed E-state index contributed by atoms with van der Waals surface area (Å²) in [6, 6.07) is 13.5. The molecule has 0 bridgehead atoms. The minimum atomic E-state index is -0.496. The van der Waals surface area contributed by atoms with Crippen LogP contribution in [0.25, 0.3) is 0 Å². The molecule has 7 heteroatoms. The maximum atomic E-state index is 13.0. The molecule has 144 valence electrons. The van der Waals surface area contributed by atoms with Gasteiger partial charge in [-0.05, 0) is 55.7 Å². The minimum Gasteiger partial charge on any atom is -0.326 e. The molecule has 4 rings (SSSR count). The fourth-order valence-corrected chi connectivity index (χ4v) is 4.27. The number of amides is 2. The highest BCUT2D eigenvalue weighted by Gasteiger charge is 2.46. The summed E-state index contributed by atoms with van der Waals surface area (Å²) >= 11 is 1.35. The predicted molar refractivity (Wildman–Crippen MR) is 109 cm³/mol. The number of anilines is 1. The van der Waals surface area contributed by atoms with Crippen LogP contribution in [0.5, 0.6) is 0 Å². The standard InChI is InChI=1S/C21H20FN3O2S/c1-13-4-2-3-5-17(13)24-21-25(16-10-11-16)20(27)18(28-21)12-19(26)23-15-8-6-14(22)7-9-15/h2-9,16,18H,10-12H2,1H3,(H,23,26)/t18-/m1/s1. The van der Waals surface area contributed by atoms with Gasteiger partial charge in [0, 0.05) is 18.2 Å². The van der Waals surface area contributed by atoms with Crippen molar-refractivity contribution in [2.24, 2.45) is 4.99 Å². The summed E-state index contributed by atoms with van der Waals surface area (Å²) in [6.45, 7) is 1.98. The number of hydrogen-bond donors (Lipinski definition) is 1. The van der Waals surface area contributed by atoms with Gasteiger partial charge in [-0.25, -0.2) is 9.38 Å². The number of aryl methyl sites for hydroxylation is 1. The van der Waals surface area contributed by atoms with Gasteiger partial charge in [-0.1, -0.05) is 30.0 Å². The van der Waals surface area contributed by atoms with E-state index in [4.69, 9.17) is 4.99 Å². The molecular formula is C21H20FN3O2S. The summed E-state index contributed by atoms with van der Waals surface area (Å²) in [5.41, 5.74) is 2.38. The molecule has 2 aromatic rings. The zero-order valence-electron chi connectivity index (χ0n) is 15.4. The second-order valence-electron chi connectivity index (χ2n) is 6.99. The molecule has 5 nitrogen and oxygen atoms in total. The average molecular weight is 397 g/mol. The average Bonchev–Trinajstić information content (AvgIpc) is 3.45. The molecule has 2 amide bonds. The number of nitrogens with one attached hydrogen (secondary N) is 1. The molecule has 1 aliphatic carbocycles. The highest BCUT2D eigenvalue weighted by molar-refractivity contribution is 8.15. The first kappa shape index (κ1) is 18.7. The second-order valence-corrected chi connectivity index (χ2v) is 8.16. The number of amidine groups is 1. The Morgan fingerprint density at radius 1 is 1.21 bits per heavy atom. The highest BCUT2D eigenvalue weighted by atomic mass is 32.2. The topological polar surface area (TPSA) is 61.8 Å². The Hall–Kier alpha value is -2.67. The Morgan fingerprint density at radius 2 is 1.93 bits per heavy atom. The molecule has 0 unspecified atom stereocenters. The van der Waals surface area contributed by atoms with Gasteiger partial charge >= 0.3 is 0 Å². The van der Waals surface area contributed by atoms with Gasteiger partial charge in [-0.2, -0.15) is 0 Å². The maximum absolute atomic E-state index is 13.0. The lowest BCUT2D eigenvalue weighted by Gasteiger charge is -2.15. The molecule has 1 saturated carbocycles. The van der Waals surface area contributed by atoms with Crippen LogP contribution in [0, 0.1) is 12.7 Å². The Morgan fingerprint density at radius 3 is 2.61 bits per heavy atom. The van der Waals surface area contributed by atoms with Gasteiger partial charge in [0.15, 0.2) is 5.17 Å². The van der Waals surface area contributed by atoms with Crippen LogP contribution in [0.2, 0.25) is 0 Å². The monoisotopic (exact) mass is 397 g/mol. The van der Waals surface area contributed by atoms with Gasteiger partial charge in [0.2, 0.25) is 11.8 Å². The summed E-state index contributed by atoms with van der Waals surface area (Å²) in [4.78, 5) is 31.8. The third-order valence-corrected chi connectivity index (χ3v) is 5.86. The first-order valence-electron chi connectivity index (χ1n) is 9.21. The van der Waals surface area contributed by atoms with Crippen LogP contribution in [-0.2, 0) is 9.59 Å². The van der Waals surface area contributed by atoms with E-state index >= 15 is 0 Å². The zero-order chi connectivity index (χ0) is 19.7. The summed E-state index contributed by atoms with van der Waals surface area (Å²) in [6.07, 6.45) is 1.98. The molecule has 2 fully saturated rings. The van der Waals surface area contributed by atoms with Crippen LogP contribution in [0.15, 0.2) is 53.5 Å². The summed E-state index contributed by atoms with van der Waals surface area (Å²) < 4.78 is 13.0. The fraction of sp³-hybridized carbons (Fsp3) is 0.286. The first-order valence-corrected chi connectivity index (χ1v) is 10.1. The molecule has 2 aliphatic rings. The summed E-state index contributed by atoms with van der Waals surface area (Å²) in [5.74, 6) is -0.698. The van der Waals surface area contributed by atoms with Crippen LogP contribution in [0.4, 0.5) is 15.8 Å². The number of halogens is 1. The molecule has 0 spiro atoms. The fourth-order valence-electron chi connectivity index (χ4n) is 3.07. The maximum Gasteiger partial charge on any atom is 0.242 e. The molecule has 1 atom stereocenters. The lowest BCUT2D eigenvalue weighted by molar-refractivity contribution is -0.128. The van der Waals surface area contributed by atoms with E-state index in [0.29, 0.717) is 10.9 Å². The number of hydrogen-bond acceptors (Lipinski definition) is 4. The molecule has 1 heterocycles. The van der Waals surface area contributed by atoms with Gasteiger partial charge in [0.25, 0.3) is 0 Å². The molecule has 1 N–H and O–H groups in total. The van der Waals surface area contributed by atoms with E-state index in [1.54, 1.807) is 4.90 Å². The van der Waals surface area contributed by atoms with Crippen molar-refractivity contribution in [3.8, 4) is 0 Å². The normalized spacial score (nSPS) is 20.6. The van der Waals surface area contributed by atoms with E-state index in [9.17, 15) is 14.0 Å². The molecule has 2 aromatic carbocycles. The Balaban J connectivity index is 1.49. The second kappa shape index (κ2) is 7.75. The number of thioether (sulfide) groups is 1. The van der Waals surface area contributed by atoms with Crippen molar-refractivity contribution in [3.05, 3.63) is 59.9 Å². The van der Waals surface area contributed by atoms with Crippen molar-refractivity contribution in [1.82, 2.24) is 4.90 Å². The first-order chi connectivity index (χ1) is 13.5. The largest absolute Gasteiger partial charge is 0.326 e. The van der Waals surface area contributed by atoms with Gasteiger partial charge in [0.1, 0.15) is 11.1 Å². The van der Waals surface area contributed by atoms with E-state index in [0.717, 1.165) is 24.1 Å². The van der Waals surface area contributed by atoms with E-state index in [2.05, 4.69) is 5.32 Å². The van der Waals surface area contributed by atoms with E-state index in [1.165, 1.54) is 36.0 Å². The predicted octanol–water partition coefficient (Wildman–Crippen LogP) is 4.26. The van der Waals surface area contributed by atoms with Crippen LogP contribution >= 0.6 is 11.8 Å². The van der Waals surface area contributed by atoms with Gasteiger partial charge < -0.3 is 5.32 Å². The number of para-hydroxylation sites is 1. The summed E-state index contributed by atoms with van der Waals surface area (Å²) in [7, 11) is 0. The smallest absolute Gasteiger partial charge is 0.242 e. The number of carbonyl (C=O) groups is 2. The number of aliphatic imine (C=N–C) groups is 1. The SMILES string of the molecule is Cc1ccccc1N=C1S[C@H](CC(=O)Nc2ccc(F)cc2)C(=O)N1C1CC1. The molecular weight excluding hydrogens is 377 g/mol. The van der Waals surface area contributed by atoms with Crippen LogP contribution in [-0.4, -0.2) is 33.2 Å². The van der Waals surface area contributed by atoms with Gasteiger partial charge in [-0.3, -0.25) is 14.5 Å². The minimum absolute atomic E-state index is 0.0525. The Labute approximate surface area is 167 Å². The van der Waals surface area contributed by atoms with E-state index in [-0.39, 0.29) is 30.1 Å². The Bertz CT molecular complexity index is 941. The van der Waals surface area contributed by atoms with Gasteiger partial charge in [-0.15, -0.1) is 0 Å². The van der Waals surface area contributed by atoms with Crippen molar-refractivity contribution in [3.63, 3.8) is 0 Å². The van der Waals surface area contributed by atoms with Crippen molar-refractivity contribution in [1.29, 1.82) is 0 Å². The molecule has 28 heavy (non-hydrogen) atoms. The van der Waals surface area contributed by atoms with Crippen molar-refractivity contribution >= 4 is 40.1 Å². The molecule has 0 radical (unpaired) electrons. The lowest BCUT2D eigenvalue weighted by atomic mass is 10.2. The van der Waals surface area contributed by atoms with Crippen molar-refractivity contribution in [2.75, 3.05) is 5.32 Å². The van der Waals surface area contributed by atoms with Crippen molar-refractivity contribution in [2.45, 2.75) is 37.5 Å².